The third-order valence-electron chi connectivity index (χ3n) is 3.92. The fourth-order valence-corrected chi connectivity index (χ4v) is 3.55. The van der Waals surface area contributed by atoms with E-state index in [0.29, 0.717) is 11.7 Å². The molecule has 4 heteroatoms. The second kappa shape index (κ2) is 5.68. The SMILES string of the molecule is Cc1cccc(-c2nc(N)c(I)c(C3CCCC3)n2)c1. The summed E-state index contributed by atoms with van der Waals surface area (Å²) in [5.41, 5.74) is 9.51. The standard InChI is InChI=1S/C16H18IN3/c1-10-5-4-8-12(9-10)16-19-14(11-6-2-3-7-11)13(17)15(18)20-16/h4-5,8-9,11H,2-3,6-7H2,1H3,(H2,18,19,20). The van der Waals surface area contributed by atoms with E-state index in [1.54, 1.807) is 0 Å². The number of benzene rings is 1. The van der Waals surface area contributed by atoms with Crippen LogP contribution in [0.25, 0.3) is 11.4 Å². The van der Waals surface area contributed by atoms with Crippen molar-refractivity contribution in [1.29, 1.82) is 0 Å². The van der Waals surface area contributed by atoms with Crippen molar-refractivity contribution in [2.75, 3.05) is 5.73 Å². The lowest BCUT2D eigenvalue weighted by atomic mass is 10.0. The molecule has 0 unspecified atom stereocenters. The zero-order valence-corrected chi connectivity index (χ0v) is 13.7. The number of halogens is 1. The Labute approximate surface area is 133 Å². The maximum absolute atomic E-state index is 6.11. The molecule has 1 aliphatic rings. The zero-order chi connectivity index (χ0) is 14.1. The van der Waals surface area contributed by atoms with Crippen LogP contribution >= 0.6 is 22.6 Å². The van der Waals surface area contributed by atoms with E-state index in [1.807, 2.05) is 12.1 Å². The summed E-state index contributed by atoms with van der Waals surface area (Å²) in [5.74, 6) is 1.92. The van der Waals surface area contributed by atoms with Crippen LogP contribution in [0.2, 0.25) is 0 Å². The lowest BCUT2D eigenvalue weighted by Gasteiger charge is -2.14. The molecule has 3 nitrogen and oxygen atoms in total. The molecule has 20 heavy (non-hydrogen) atoms. The summed E-state index contributed by atoms with van der Waals surface area (Å²) in [4.78, 5) is 9.30. The van der Waals surface area contributed by atoms with Crippen molar-refractivity contribution in [3.8, 4) is 11.4 Å². The second-order valence-corrected chi connectivity index (χ2v) is 6.56. The van der Waals surface area contributed by atoms with Gasteiger partial charge in [-0.05, 0) is 48.4 Å². The molecule has 1 saturated carbocycles. The molecule has 0 radical (unpaired) electrons. The van der Waals surface area contributed by atoms with Gasteiger partial charge in [-0.3, -0.25) is 0 Å². The molecule has 1 heterocycles. The summed E-state index contributed by atoms with van der Waals surface area (Å²) in [6.45, 7) is 2.08. The van der Waals surface area contributed by atoms with Crippen LogP contribution in [0.3, 0.4) is 0 Å². The van der Waals surface area contributed by atoms with Crippen LogP contribution < -0.4 is 5.73 Å². The first-order chi connectivity index (χ1) is 9.65. The third-order valence-corrected chi connectivity index (χ3v) is 5.03. The molecule has 0 bridgehead atoms. The Bertz CT molecular complexity index is 634. The molecule has 1 aliphatic carbocycles. The van der Waals surface area contributed by atoms with Gasteiger partial charge in [0.05, 0.1) is 9.26 Å². The highest BCUT2D eigenvalue weighted by Gasteiger charge is 2.23. The van der Waals surface area contributed by atoms with Crippen molar-refractivity contribution in [2.45, 2.75) is 38.5 Å². The summed E-state index contributed by atoms with van der Waals surface area (Å²) in [7, 11) is 0. The van der Waals surface area contributed by atoms with Crippen LogP contribution in [-0.2, 0) is 0 Å². The summed E-state index contributed by atoms with van der Waals surface area (Å²) in [6, 6.07) is 8.28. The van der Waals surface area contributed by atoms with Crippen LogP contribution in [0.15, 0.2) is 24.3 Å². The highest BCUT2D eigenvalue weighted by atomic mass is 127. The maximum Gasteiger partial charge on any atom is 0.161 e. The average Bonchev–Trinajstić information content (AvgIpc) is 2.95. The minimum Gasteiger partial charge on any atom is -0.383 e. The first kappa shape index (κ1) is 13.8. The van der Waals surface area contributed by atoms with Gasteiger partial charge in [0.2, 0.25) is 0 Å². The second-order valence-electron chi connectivity index (χ2n) is 5.48. The number of anilines is 1. The largest absolute Gasteiger partial charge is 0.383 e. The molecule has 2 aromatic rings. The summed E-state index contributed by atoms with van der Waals surface area (Å²) in [5, 5.41) is 0. The van der Waals surface area contributed by atoms with Gasteiger partial charge in [-0.1, -0.05) is 36.6 Å². The van der Waals surface area contributed by atoms with Crippen molar-refractivity contribution >= 4 is 28.4 Å². The highest BCUT2D eigenvalue weighted by molar-refractivity contribution is 14.1. The number of nitrogen functional groups attached to an aromatic ring is 1. The average molecular weight is 379 g/mol. The summed E-state index contributed by atoms with van der Waals surface area (Å²) in [6.07, 6.45) is 5.04. The summed E-state index contributed by atoms with van der Waals surface area (Å²) < 4.78 is 1.03. The van der Waals surface area contributed by atoms with Crippen molar-refractivity contribution in [2.24, 2.45) is 0 Å². The van der Waals surface area contributed by atoms with Crippen molar-refractivity contribution < 1.29 is 0 Å². The van der Waals surface area contributed by atoms with E-state index >= 15 is 0 Å². The molecule has 104 valence electrons. The smallest absolute Gasteiger partial charge is 0.161 e. The minimum atomic E-state index is 0.552. The Morgan fingerprint density at radius 3 is 2.65 bits per heavy atom. The predicted molar refractivity (Wildman–Crippen MR) is 90.5 cm³/mol. The zero-order valence-electron chi connectivity index (χ0n) is 11.6. The molecule has 1 fully saturated rings. The van der Waals surface area contributed by atoms with Gasteiger partial charge < -0.3 is 5.73 Å². The predicted octanol–water partition coefficient (Wildman–Crippen LogP) is 4.30. The third kappa shape index (κ3) is 2.66. The minimum absolute atomic E-state index is 0.552. The topological polar surface area (TPSA) is 51.8 Å². The first-order valence-corrected chi connectivity index (χ1v) is 8.13. The Hall–Kier alpha value is -1.17. The molecular formula is C16H18IN3. The molecule has 3 rings (SSSR count). The van der Waals surface area contributed by atoms with Gasteiger partial charge >= 0.3 is 0 Å². The molecule has 0 aliphatic heterocycles. The molecule has 1 aromatic heterocycles. The van der Waals surface area contributed by atoms with E-state index in [2.05, 4.69) is 46.6 Å². The van der Waals surface area contributed by atoms with Crippen LogP contribution in [0.5, 0.6) is 0 Å². The molecule has 0 amide bonds. The molecular weight excluding hydrogens is 361 g/mol. The Balaban J connectivity index is 2.08. The van der Waals surface area contributed by atoms with Gasteiger partial charge in [0.25, 0.3) is 0 Å². The normalized spacial score (nSPS) is 15.7. The highest BCUT2D eigenvalue weighted by Crippen LogP contribution is 2.37. The molecule has 2 N–H and O–H groups in total. The fourth-order valence-electron chi connectivity index (χ4n) is 2.87. The van der Waals surface area contributed by atoms with E-state index in [9.17, 15) is 0 Å². The Kier molecular flexibility index (Phi) is 3.92. The monoisotopic (exact) mass is 379 g/mol. The first-order valence-electron chi connectivity index (χ1n) is 7.05. The van der Waals surface area contributed by atoms with E-state index in [0.717, 1.165) is 20.7 Å². The number of aromatic nitrogens is 2. The fraction of sp³-hybridized carbons (Fsp3) is 0.375. The number of hydrogen-bond donors (Lipinski definition) is 1. The number of nitrogens with two attached hydrogens (primary N) is 1. The van der Waals surface area contributed by atoms with Crippen LogP contribution in [0.4, 0.5) is 5.82 Å². The van der Waals surface area contributed by atoms with Gasteiger partial charge in [-0.25, -0.2) is 9.97 Å². The number of hydrogen-bond acceptors (Lipinski definition) is 3. The molecule has 0 saturated heterocycles. The number of rotatable bonds is 2. The Morgan fingerprint density at radius 2 is 1.95 bits per heavy atom. The summed E-state index contributed by atoms with van der Waals surface area (Å²) >= 11 is 2.29. The van der Waals surface area contributed by atoms with Crippen molar-refractivity contribution in [3.63, 3.8) is 0 Å². The number of nitrogens with zero attached hydrogens (tertiary/aromatic N) is 2. The maximum atomic E-state index is 6.11. The lowest BCUT2D eigenvalue weighted by molar-refractivity contribution is 0.691. The van der Waals surface area contributed by atoms with E-state index in [4.69, 9.17) is 10.7 Å². The van der Waals surface area contributed by atoms with Gasteiger partial charge in [0.1, 0.15) is 5.82 Å². The van der Waals surface area contributed by atoms with Gasteiger partial charge in [-0.15, -0.1) is 0 Å². The van der Waals surface area contributed by atoms with E-state index in [1.165, 1.54) is 31.2 Å². The quantitative estimate of drug-likeness (QED) is 0.792. The Morgan fingerprint density at radius 1 is 1.20 bits per heavy atom. The van der Waals surface area contributed by atoms with E-state index < -0.39 is 0 Å². The molecule has 0 atom stereocenters. The van der Waals surface area contributed by atoms with E-state index in [-0.39, 0.29) is 0 Å². The van der Waals surface area contributed by atoms with Crippen LogP contribution in [0, 0.1) is 10.5 Å². The van der Waals surface area contributed by atoms with Crippen molar-refractivity contribution in [3.05, 3.63) is 39.1 Å². The van der Waals surface area contributed by atoms with Gasteiger partial charge in [-0.2, -0.15) is 0 Å². The van der Waals surface area contributed by atoms with Gasteiger partial charge in [0.15, 0.2) is 5.82 Å². The number of aryl methyl sites for hydroxylation is 1. The molecule has 0 spiro atoms. The van der Waals surface area contributed by atoms with Crippen LogP contribution in [-0.4, -0.2) is 9.97 Å². The molecule has 1 aromatic carbocycles. The lowest BCUT2D eigenvalue weighted by Crippen LogP contribution is -2.08. The van der Waals surface area contributed by atoms with Gasteiger partial charge in [0, 0.05) is 11.5 Å². The van der Waals surface area contributed by atoms with Crippen LogP contribution in [0.1, 0.15) is 42.9 Å². The van der Waals surface area contributed by atoms with Crippen molar-refractivity contribution in [1.82, 2.24) is 9.97 Å².